The van der Waals surface area contributed by atoms with Crippen molar-refractivity contribution in [3.05, 3.63) is 0 Å². The van der Waals surface area contributed by atoms with E-state index in [1.165, 1.54) is 0 Å². The van der Waals surface area contributed by atoms with Gasteiger partial charge in [-0.3, -0.25) is 0 Å². The van der Waals surface area contributed by atoms with Crippen molar-refractivity contribution in [1.29, 1.82) is 0 Å². The van der Waals surface area contributed by atoms with Crippen molar-refractivity contribution in [2.45, 2.75) is 42.5 Å². The minimum atomic E-state index is -7.45. The zero-order valence-electron chi connectivity index (χ0n) is 9.77. The van der Waals surface area contributed by atoms with E-state index in [2.05, 4.69) is 0 Å². The quantitative estimate of drug-likeness (QED) is 0.458. The first-order valence-corrected chi connectivity index (χ1v) is 5.07. The van der Waals surface area contributed by atoms with Crippen molar-refractivity contribution >= 4 is 0 Å². The lowest BCUT2D eigenvalue weighted by Crippen LogP contribution is -2.74. The van der Waals surface area contributed by atoms with E-state index in [1.807, 2.05) is 0 Å². The number of hydrogen-bond donors (Lipinski definition) is 0. The molecule has 0 aromatic rings. The lowest BCUT2D eigenvalue weighted by atomic mass is 9.92. The van der Waals surface area contributed by atoms with Gasteiger partial charge in [-0.1, -0.05) is 0 Å². The average molecular weight is 361 g/mol. The highest BCUT2D eigenvalue weighted by Crippen LogP contribution is 2.60. The molecule has 1 nitrogen and oxygen atoms in total. The zero-order valence-corrected chi connectivity index (χ0v) is 9.77. The third-order valence-corrected chi connectivity index (χ3v) is 2.92. The Balaban J connectivity index is 3.62. The molecule has 0 aromatic carbocycles. The molecule has 0 saturated carbocycles. The molecule has 1 aliphatic rings. The summed E-state index contributed by atoms with van der Waals surface area (Å²) in [6.07, 6.45) is -9.30. The van der Waals surface area contributed by atoms with Gasteiger partial charge in [0.05, 0.1) is 0 Å². The zero-order chi connectivity index (χ0) is 18.0. The van der Waals surface area contributed by atoms with Gasteiger partial charge in [-0.05, 0) is 0 Å². The van der Waals surface area contributed by atoms with Crippen LogP contribution in [0.25, 0.3) is 0 Å². The molecule has 0 radical (unpaired) electrons. The Morgan fingerprint density at radius 3 is 1.41 bits per heavy atom. The molecule has 132 valence electrons. The molecule has 0 bridgehead atoms. The molecule has 0 aromatic heterocycles. The Morgan fingerprint density at radius 1 is 0.636 bits per heavy atom. The fourth-order valence-electron chi connectivity index (χ4n) is 1.62. The van der Waals surface area contributed by atoms with Gasteiger partial charge in [0.15, 0.2) is 0 Å². The van der Waals surface area contributed by atoms with Crippen molar-refractivity contribution in [3.63, 3.8) is 0 Å². The predicted molar refractivity (Wildman–Crippen MR) is 42.1 cm³/mol. The molecular weight excluding hydrogens is 357 g/mol. The van der Waals surface area contributed by atoms with Crippen LogP contribution in [0.5, 0.6) is 0 Å². The predicted octanol–water partition coefficient (Wildman–Crippen LogP) is 4.35. The second kappa shape index (κ2) is 4.54. The summed E-state index contributed by atoms with van der Waals surface area (Å²) in [7, 11) is 0. The van der Waals surface area contributed by atoms with Crippen LogP contribution in [0.2, 0.25) is 0 Å². The second-order valence-corrected chi connectivity index (χ2v) is 4.34. The first-order valence-electron chi connectivity index (χ1n) is 5.07. The lowest BCUT2D eigenvalue weighted by molar-refractivity contribution is -0.461. The van der Waals surface area contributed by atoms with Crippen LogP contribution in [0.3, 0.4) is 0 Å². The smallest absolute Gasteiger partial charge is 0.200 e. The molecule has 22 heavy (non-hydrogen) atoms. The van der Waals surface area contributed by atoms with Crippen molar-refractivity contribution < 1.29 is 57.1 Å². The first-order chi connectivity index (χ1) is 9.34. The lowest BCUT2D eigenvalue weighted by Gasteiger charge is -2.45. The highest BCUT2D eigenvalue weighted by atomic mass is 19.4. The summed E-state index contributed by atoms with van der Waals surface area (Å²) in [6, 6.07) is -6.88. The van der Waals surface area contributed by atoms with Gasteiger partial charge in [0.2, 0.25) is 0 Å². The summed E-state index contributed by atoms with van der Waals surface area (Å²) in [5, 5.41) is 0. The average Bonchev–Trinajstić information content (AvgIpc) is 2.24. The van der Waals surface area contributed by atoms with E-state index in [0.29, 0.717) is 0 Å². The second-order valence-electron chi connectivity index (χ2n) is 4.34. The highest BCUT2D eigenvalue weighted by Gasteiger charge is 2.89. The maximum Gasteiger partial charge on any atom is 0.464 e. The monoisotopic (exact) mass is 361 g/mol. The minimum Gasteiger partial charge on any atom is -0.200 e. The van der Waals surface area contributed by atoms with Crippen molar-refractivity contribution in [2.75, 3.05) is 6.54 Å². The largest absolute Gasteiger partial charge is 0.464 e. The number of halogens is 13. The van der Waals surface area contributed by atoms with Crippen LogP contribution in [0.1, 0.15) is 6.42 Å². The summed E-state index contributed by atoms with van der Waals surface area (Å²) in [5.41, 5.74) is 0. The Bertz CT molecular complexity index is 436. The van der Waals surface area contributed by atoms with Crippen LogP contribution in [0.15, 0.2) is 0 Å². The van der Waals surface area contributed by atoms with Crippen LogP contribution >= 0.6 is 0 Å². The molecule has 1 fully saturated rings. The number of likely N-dealkylation sites (tertiary alicyclic amines) is 1. The molecular formula is C8H4F13N. The first kappa shape index (κ1) is 19.1. The fraction of sp³-hybridized carbons (Fsp3) is 1.00. The van der Waals surface area contributed by atoms with E-state index < -0.39 is 53.9 Å². The van der Waals surface area contributed by atoms with Crippen LogP contribution in [-0.2, 0) is 0 Å². The molecule has 14 heteroatoms. The van der Waals surface area contributed by atoms with Gasteiger partial charge in [0.1, 0.15) is 0 Å². The van der Waals surface area contributed by atoms with Crippen LogP contribution in [0.4, 0.5) is 57.1 Å². The van der Waals surface area contributed by atoms with E-state index in [-0.39, 0.29) is 0 Å². The molecule has 1 aliphatic heterocycles. The number of alkyl halides is 13. The van der Waals surface area contributed by atoms with E-state index in [1.54, 1.807) is 0 Å². The maximum absolute atomic E-state index is 13.1. The van der Waals surface area contributed by atoms with Crippen molar-refractivity contribution in [3.8, 4) is 0 Å². The topological polar surface area (TPSA) is 3.24 Å². The number of hydrogen-bond acceptors (Lipinski definition) is 1. The van der Waals surface area contributed by atoms with Crippen molar-refractivity contribution in [2.24, 2.45) is 0 Å². The summed E-state index contributed by atoms with van der Waals surface area (Å²) in [5.74, 6) is -28.0. The van der Waals surface area contributed by atoms with Gasteiger partial charge in [-0.25, -0.2) is 0 Å². The SMILES string of the molecule is FC(F)(F)N1CCC(F)(F)C(F)(F)C(F)(F)C(F)(F)C1(F)F. The Labute approximate surface area is 112 Å². The molecule has 1 saturated heterocycles. The van der Waals surface area contributed by atoms with E-state index in [4.69, 9.17) is 0 Å². The van der Waals surface area contributed by atoms with E-state index in [0.717, 1.165) is 0 Å². The molecule has 0 aliphatic carbocycles. The van der Waals surface area contributed by atoms with E-state index >= 15 is 0 Å². The van der Waals surface area contributed by atoms with E-state index in [9.17, 15) is 57.1 Å². The third-order valence-electron chi connectivity index (χ3n) is 2.92. The molecule has 0 atom stereocenters. The standard InChI is InChI=1S/C8H4F13N/c9-3(10)1-2-22(8(19,20)21)7(17,18)6(15,16)5(13,14)4(3,11)12/h1-2H2. The molecule has 0 spiro atoms. The molecule has 0 amide bonds. The van der Waals surface area contributed by atoms with Gasteiger partial charge in [-0.15, -0.1) is 4.90 Å². The van der Waals surface area contributed by atoms with Gasteiger partial charge in [0.25, 0.3) is 0 Å². The third kappa shape index (κ3) is 2.21. The summed E-state index contributed by atoms with van der Waals surface area (Å²) in [4.78, 5) is -2.61. The maximum atomic E-state index is 13.1. The Kier molecular flexibility index (Phi) is 3.94. The fourth-order valence-corrected chi connectivity index (χ4v) is 1.62. The minimum absolute atomic E-state index is 2.61. The Morgan fingerprint density at radius 2 is 1.05 bits per heavy atom. The van der Waals surface area contributed by atoms with Crippen LogP contribution in [0, 0.1) is 0 Å². The van der Waals surface area contributed by atoms with Crippen LogP contribution < -0.4 is 0 Å². The molecule has 1 heterocycles. The number of nitrogens with zero attached hydrogens (tertiary/aromatic N) is 1. The van der Waals surface area contributed by atoms with Gasteiger partial charge in [0, 0.05) is 13.0 Å². The summed E-state index contributed by atoms with van der Waals surface area (Å²) < 4.78 is 166. The van der Waals surface area contributed by atoms with Crippen molar-refractivity contribution in [1.82, 2.24) is 4.90 Å². The van der Waals surface area contributed by atoms with Crippen LogP contribution in [-0.4, -0.2) is 47.5 Å². The van der Waals surface area contributed by atoms with Gasteiger partial charge in [-0.2, -0.15) is 57.1 Å². The highest BCUT2D eigenvalue weighted by molar-refractivity contribution is 5.10. The summed E-state index contributed by atoms with van der Waals surface area (Å²) >= 11 is 0. The van der Waals surface area contributed by atoms with Gasteiger partial charge < -0.3 is 0 Å². The normalized spacial score (nSPS) is 30.4. The summed E-state index contributed by atoms with van der Waals surface area (Å²) in [6.45, 7) is -2.75. The Hall–Kier alpha value is -0.950. The molecule has 1 rings (SSSR count). The number of rotatable bonds is 0. The molecule has 0 N–H and O–H groups in total. The van der Waals surface area contributed by atoms with Gasteiger partial charge >= 0.3 is 36.0 Å². The molecule has 0 unspecified atom stereocenters.